The molecular formula is C16H25N3O3. The lowest BCUT2D eigenvalue weighted by Gasteiger charge is -2.23. The second-order valence-corrected chi connectivity index (χ2v) is 5.92. The van der Waals surface area contributed by atoms with E-state index in [1.54, 1.807) is 19.3 Å². The summed E-state index contributed by atoms with van der Waals surface area (Å²) < 4.78 is 5.28. The first-order chi connectivity index (χ1) is 10.6. The summed E-state index contributed by atoms with van der Waals surface area (Å²) in [6.07, 6.45) is 7.07. The highest BCUT2D eigenvalue weighted by molar-refractivity contribution is 5.96. The predicted molar refractivity (Wildman–Crippen MR) is 83.3 cm³/mol. The van der Waals surface area contributed by atoms with Crippen molar-refractivity contribution in [2.75, 3.05) is 0 Å². The van der Waals surface area contributed by atoms with Crippen LogP contribution in [0.3, 0.4) is 0 Å². The third-order valence-corrected chi connectivity index (χ3v) is 4.04. The van der Waals surface area contributed by atoms with Gasteiger partial charge in [0.25, 0.3) is 0 Å². The first-order valence-electron chi connectivity index (χ1n) is 7.97. The molecule has 0 saturated heterocycles. The summed E-state index contributed by atoms with van der Waals surface area (Å²) in [5.41, 5.74) is 0. The number of rotatable bonds is 5. The van der Waals surface area contributed by atoms with Crippen molar-refractivity contribution < 1.29 is 14.0 Å². The monoisotopic (exact) mass is 307 g/mol. The summed E-state index contributed by atoms with van der Waals surface area (Å²) in [6, 6.07) is 2.84. The maximum Gasteiger partial charge on any atom is 0.321 e. The number of hydrogen-bond donors (Lipinski definition) is 3. The molecule has 1 aromatic rings. The summed E-state index contributed by atoms with van der Waals surface area (Å²) in [6.45, 7) is 3.63. The van der Waals surface area contributed by atoms with E-state index in [1.807, 2.05) is 13.0 Å². The number of furan rings is 1. The molecule has 1 aliphatic rings. The zero-order chi connectivity index (χ0) is 15.9. The van der Waals surface area contributed by atoms with Gasteiger partial charge >= 0.3 is 6.03 Å². The predicted octanol–water partition coefficient (Wildman–Crippen LogP) is 2.48. The minimum atomic E-state index is -0.489. The van der Waals surface area contributed by atoms with Gasteiger partial charge in [-0.25, -0.2) is 4.79 Å². The fraction of sp³-hybridized carbons (Fsp3) is 0.625. The Bertz CT molecular complexity index is 481. The van der Waals surface area contributed by atoms with Crippen molar-refractivity contribution in [3.8, 4) is 0 Å². The average molecular weight is 307 g/mol. The molecule has 122 valence electrons. The Labute approximate surface area is 131 Å². The van der Waals surface area contributed by atoms with Gasteiger partial charge in [-0.1, -0.05) is 19.3 Å². The molecular weight excluding hydrogens is 282 g/mol. The van der Waals surface area contributed by atoms with Crippen LogP contribution in [0.25, 0.3) is 0 Å². The molecule has 0 aliphatic heterocycles. The fourth-order valence-corrected chi connectivity index (χ4v) is 2.76. The highest BCUT2D eigenvalue weighted by atomic mass is 16.3. The van der Waals surface area contributed by atoms with Gasteiger partial charge in [-0.05, 0) is 38.8 Å². The van der Waals surface area contributed by atoms with Crippen LogP contribution in [0.1, 0.15) is 57.8 Å². The third-order valence-electron chi connectivity index (χ3n) is 4.04. The Kier molecular flexibility index (Phi) is 6.00. The summed E-state index contributed by atoms with van der Waals surface area (Å²) >= 11 is 0. The van der Waals surface area contributed by atoms with Crippen molar-refractivity contribution >= 4 is 11.9 Å². The molecule has 2 atom stereocenters. The van der Waals surface area contributed by atoms with Crippen LogP contribution in [0.4, 0.5) is 4.79 Å². The standard InChI is InChI=1S/C16H25N3O3/c1-11(14-9-6-10-22-14)17-12(2)15(20)19-16(21)18-13-7-4-3-5-8-13/h6,9-13,17H,3-5,7-8H2,1-2H3,(H2,18,19,20,21)/t11-,12-/m0/s1. The molecule has 2 rings (SSSR count). The normalized spacial score (nSPS) is 18.5. The quantitative estimate of drug-likeness (QED) is 0.780. The molecule has 3 amide bonds. The van der Waals surface area contributed by atoms with E-state index in [0.717, 1.165) is 31.4 Å². The third kappa shape index (κ3) is 4.87. The second kappa shape index (κ2) is 7.98. The summed E-state index contributed by atoms with van der Waals surface area (Å²) in [5, 5.41) is 8.37. The molecule has 6 nitrogen and oxygen atoms in total. The Morgan fingerprint density at radius 1 is 1.23 bits per heavy atom. The lowest BCUT2D eigenvalue weighted by Crippen LogP contribution is -2.50. The number of hydrogen-bond acceptors (Lipinski definition) is 4. The van der Waals surface area contributed by atoms with Gasteiger partial charge < -0.3 is 9.73 Å². The fourth-order valence-electron chi connectivity index (χ4n) is 2.76. The molecule has 1 saturated carbocycles. The van der Waals surface area contributed by atoms with Crippen LogP contribution in [-0.4, -0.2) is 24.0 Å². The maximum atomic E-state index is 12.0. The van der Waals surface area contributed by atoms with E-state index in [1.165, 1.54) is 6.42 Å². The summed E-state index contributed by atoms with van der Waals surface area (Å²) in [7, 11) is 0. The van der Waals surface area contributed by atoms with Gasteiger partial charge in [0.05, 0.1) is 18.3 Å². The van der Waals surface area contributed by atoms with Crippen LogP contribution in [0.5, 0.6) is 0 Å². The van der Waals surface area contributed by atoms with E-state index < -0.39 is 12.1 Å². The van der Waals surface area contributed by atoms with Crippen LogP contribution in [0, 0.1) is 0 Å². The molecule has 22 heavy (non-hydrogen) atoms. The molecule has 1 aromatic heterocycles. The zero-order valence-electron chi connectivity index (χ0n) is 13.2. The minimum absolute atomic E-state index is 0.0999. The van der Waals surface area contributed by atoms with Crippen LogP contribution in [0.15, 0.2) is 22.8 Å². The summed E-state index contributed by atoms with van der Waals surface area (Å²) in [4.78, 5) is 23.9. The first-order valence-corrected chi connectivity index (χ1v) is 7.97. The van der Waals surface area contributed by atoms with Gasteiger partial charge in [0.2, 0.25) is 5.91 Å². The van der Waals surface area contributed by atoms with Crippen molar-refractivity contribution in [3.63, 3.8) is 0 Å². The SMILES string of the molecule is C[C@H](N[C@@H](C)c1ccco1)C(=O)NC(=O)NC1CCCCC1. The Morgan fingerprint density at radius 2 is 1.95 bits per heavy atom. The van der Waals surface area contributed by atoms with Gasteiger partial charge in [0.1, 0.15) is 5.76 Å². The Hall–Kier alpha value is -1.82. The first kappa shape index (κ1) is 16.5. The molecule has 1 fully saturated rings. The zero-order valence-corrected chi connectivity index (χ0v) is 13.2. The highest BCUT2D eigenvalue weighted by Gasteiger charge is 2.21. The van der Waals surface area contributed by atoms with Gasteiger partial charge in [0, 0.05) is 6.04 Å². The van der Waals surface area contributed by atoms with Gasteiger partial charge in [-0.2, -0.15) is 0 Å². The average Bonchev–Trinajstić information content (AvgIpc) is 3.02. The summed E-state index contributed by atoms with van der Waals surface area (Å²) in [5.74, 6) is 0.415. The van der Waals surface area contributed by atoms with Crippen molar-refractivity contribution in [1.82, 2.24) is 16.0 Å². The lowest BCUT2D eigenvalue weighted by atomic mass is 9.96. The number of carbonyl (C=O) groups is 2. The number of amides is 3. The molecule has 0 unspecified atom stereocenters. The van der Waals surface area contributed by atoms with Crippen LogP contribution in [0.2, 0.25) is 0 Å². The Morgan fingerprint density at radius 3 is 2.59 bits per heavy atom. The van der Waals surface area contributed by atoms with Gasteiger partial charge in [-0.15, -0.1) is 0 Å². The van der Waals surface area contributed by atoms with E-state index >= 15 is 0 Å². The van der Waals surface area contributed by atoms with Gasteiger partial charge in [-0.3, -0.25) is 15.4 Å². The van der Waals surface area contributed by atoms with Crippen molar-refractivity contribution in [2.45, 2.75) is 64.1 Å². The lowest BCUT2D eigenvalue weighted by molar-refractivity contribution is -0.121. The minimum Gasteiger partial charge on any atom is -0.468 e. The molecule has 0 radical (unpaired) electrons. The van der Waals surface area contributed by atoms with Crippen LogP contribution < -0.4 is 16.0 Å². The number of nitrogens with one attached hydrogen (secondary N) is 3. The maximum absolute atomic E-state index is 12.0. The number of carbonyl (C=O) groups excluding carboxylic acids is 2. The van der Waals surface area contributed by atoms with E-state index in [-0.39, 0.29) is 18.0 Å². The molecule has 1 aliphatic carbocycles. The van der Waals surface area contributed by atoms with Gasteiger partial charge in [0.15, 0.2) is 0 Å². The van der Waals surface area contributed by atoms with Crippen molar-refractivity contribution in [2.24, 2.45) is 0 Å². The van der Waals surface area contributed by atoms with Crippen molar-refractivity contribution in [1.29, 1.82) is 0 Å². The largest absolute Gasteiger partial charge is 0.468 e. The smallest absolute Gasteiger partial charge is 0.321 e. The van der Waals surface area contributed by atoms with Crippen LogP contribution in [-0.2, 0) is 4.79 Å². The second-order valence-electron chi connectivity index (χ2n) is 5.92. The van der Waals surface area contributed by atoms with E-state index in [4.69, 9.17) is 4.42 Å². The Balaban J connectivity index is 1.74. The molecule has 1 heterocycles. The molecule has 0 aromatic carbocycles. The molecule has 6 heteroatoms. The van der Waals surface area contributed by atoms with Crippen molar-refractivity contribution in [3.05, 3.63) is 24.2 Å². The topological polar surface area (TPSA) is 83.4 Å². The number of urea groups is 1. The van der Waals surface area contributed by atoms with E-state index in [9.17, 15) is 9.59 Å². The highest BCUT2D eigenvalue weighted by Crippen LogP contribution is 2.17. The molecule has 0 bridgehead atoms. The molecule has 0 spiro atoms. The van der Waals surface area contributed by atoms with Crippen LogP contribution >= 0.6 is 0 Å². The molecule has 3 N–H and O–H groups in total. The number of imide groups is 1. The van der Waals surface area contributed by atoms with E-state index in [0.29, 0.717) is 0 Å². The van der Waals surface area contributed by atoms with E-state index in [2.05, 4.69) is 16.0 Å².